The number of piperazine rings is 1. The summed E-state index contributed by atoms with van der Waals surface area (Å²) in [5.74, 6) is 0.150. The van der Waals surface area contributed by atoms with Gasteiger partial charge >= 0.3 is 0 Å². The smallest absolute Gasteiger partial charge is 0.242 e. The second kappa shape index (κ2) is 5.96. The van der Waals surface area contributed by atoms with Gasteiger partial charge in [-0.25, -0.2) is 4.98 Å². The highest BCUT2D eigenvalue weighted by Crippen LogP contribution is 2.28. The first-order valence-electron chi connectivity index (χ1n) is 7.57. The van der Waals surface area contributed by atoms with Gasteiger partial charge < -0.3 is 9.80 Å². The number of thiazole rings is 1. The van der Waals surface area contributed by atoms with E-state index in [0.29, 0.717) is 13.1 Å². The monoisotopic (exact) mass is 324 g/mol. The second-order valence-corrected chi connectivity index (χ2v) is 6.57. The van der Waals surface area contributed by atoms with Crippen LogP contribution in [0.4, 0.5) is 5.13 Å². The molecule has 0 unspecified atom stereocenters. The molecule has 0 aliphatic carbocycles. The second-order valence-electron chi connectivity index (χ2n) is 5.56. The molecule has 6 heteroatoms. The largest absolute Gasteiger partial charge is 0.337 e. The number of benzene rings is 1. The van der Waals surface area contributed by atoms with Crippen molar-refractivity contribution in [3.8, 4) is 0 Å². The molecular formula is C17H16N4OS. The number of hydrogen-bond acceptors (Lipinski definition) is 5. The fourth-order valence-corrected chi connectivity index (χ4v) is 3.70. The normalized spacial score (nSPS) is 15.4. The van der Waals surface area contributed by atoms with Crippen molar-refractivity contribution in [3.63, 3.8) is 0 Å². The van der Waals surface area contributed by atoms with Crippen LogP contribution in [0.15, 0.2) is 48.8 Å². The Bertz CT molecular complexity index is 800. The lowest BCUT2D eigenvalue weighted by Crippen LogP contribution is -2.49. The van der Waals surface area contributed by atoms with Crippen molar-refractivity contribution in [1.82, 2.24) is 14.9 Å². The van der Waals surface area contributed by atoms with Crippen molar-refractivity contribution >= 4 is 32.6 Å². The van der Waals surface area contributed by atoms with E-state index in [4.69, 9.17) is 0 Å². The van der Waals surface area contributed by atoms with E-state index in [2.05, 4.69) is 27.0 Å². The minimum Gasteiger partial charge on any atom is -0.337 e. The molecular weight excluding hydrogens is 308 g/mol. The SMILES string of the molecule is O=C1CN(c2nc3cnccc3s2)CCN1Cc1ccccc1. The number of hydrogen-bond donors (Lipinski definition) is 0. The Morgan fingerprint density at radius 2 is 2.00 bits per heavy atom. The van der Waals surface area contributed by atoms with Gasteiger partial charge in [0, 0.05) is 25.8 Å². The minimum atomic E-state index is 0.150. The summed E-state index contributed by atoms with van der Waals surface area (Å²) in [6, 6.07) is 12.1. The van der Waals surface area contributed by atoms with Gasteiger partial charge in [0.2, 0.25) is 5.91 Å². The molecule has 0 radical (unpaired) electrons. The third-order valence-corrected chi connectivity index (χ3v) is 5.08. The molecule has 1 amide bonds. The number of carbonyl (C=O) groups excluding carboxylic acids is 1. The quantitative estimate of drug-likeness (QED) is 0.743. The first-order valence-corrected chi connectivity index (χ1v) is 8.38. The number of fused-ring (bicyclic) bond motifs is 1. The highest BCUT2D eigenvalue weighted by Gasteiger charge is 2.25. The molecule has 0 bridgehead atoms. The van der Waals surface area contributed by atoms with Crippen LogP contribution in [0.25, 0.3) is 10.2 Å². The third-order valence-electron chi connectivity index (χ3n) is 3.98. The summed E-state index contributed by atoms with van der Waals surface area (Å²) in [5.41, 5.74) is 2.06. The van der Waals surface area contributed by atoms with Crippen LogP contribution < -0.4 is 4.90 Å². The Hall–Kier alpha value is -2.47. The van der Waals surface area contributed by atoms with Crippen molar-refractivity contribution in [1.29, 1.82) is 0 Å². The van der Waals surface area contributed by atoms with Crippen LogP contribution in [0.3, 0.4) is 0 Å². The summed E-state index contributed by atoms with van der Waals surface area (Å²) in [7, 11) is 0. The van der Waals surface area contributed by atoms with E-state index in [-0.39, 0.29) is 5.91 Å². The number of anilines is 1. The first kappa shape index (κ1) is 14.1. The summed E-state index contributed by atoms with van der Waals surface area (Å²) in [4.78, 5) is 25.1. The molecule has 0 saturated carbocycles. The van der Waals surface area contributed by atoms with Gasteiger partial charge in [0.05, 0.1) is 17.4 Å². The van der Waals surface area contributed by atoms with E-state index in [9.17, 15) is 4.79 Å². The molecule has 3 aromatic rings. The van der Waals surface area contributed by atoms with Crippen molar-refractivity contribution < 1.29 is 4.79 Å². The van der Waals surface area contributed by atoms with Gasteiger partial charge in [-0.2, -0.15) is 0 Å². The van der Waals surface area contributed by atoms with Crippen LogP contribution >= 0.6 is 11.3 Å². The number of amides is 1. The van der Waals surface area contributed by atoms with Crippen molar-refractivity contribution in [2.24, 2.45) is 0 Å². The van der Waals surface area contributed by atoms with Gasteiger partial charge in [0.25, 0.3) is 0 Å². The van der Waals surface area contributed by atoms with Crippen molar-refractivity contribution in [3.05, 3.63) is 54.4 Å². The Labute approximate surface area is 138 Å². The molecule has 1 aromatic carbocycles. The zero-order valence-corrected chi connectivity index (χ0v) is 13.4. The molecule has 1 saturated heterocycles. The summed E-state index contributed by atoms with van der Waals surface area (Å²) in [5, 5.41) is 0.903. The molecule has 5 nitrogen and oxygen atoms in total. The highest BCUT2D eigenvalue weighted by molar-refractivity contribution is 7.22. The molecule has 0 N–H and O–H groups in total. The lowest BCUT2D eigenvalue weighted by Gasteiger charge is -2.34. The van der Waals surface area contributed by atoms with Crippen LogP contribution in [0, 0.1) is 0 Å². The average molecular weight is 324 g/mol. The number of rotatable bonds is 3. The molecule has 4 rings (SSSR count). The summed E-state index contributed by atoms with van der Waals surface area (Å²) in [6.45, 7) is 2.60. The molecule has 1 aliphatic heterocycles. The maximum atomic E-state index is 12.4. The lowest BCUT2D eigenvalue weighted by atomic mass is 10.2. The minimum absolute atomic E-state index is 0.150. The molecule has 2 aromatic heterocycles. The van der Waals surface area contributed by atoms with E-state index in [0.717, 1.165) is 28.4 Å². The van der Waals surface area contributed by atoms with Crippen LogP contribution in [-0.2, 0) is 11.3 Å². The zero-order valence-electron chi connectivity index (χ0n) is 12.6. The first-order chi connectivity index (χ1) is 11.3. The Morgan fingerprint density at radius 3 is 2.78 bits per heavy atom. The zero-order chi connectivity index (χ0) is 15.6. The van der Waals surface area contributed by atoms with Crippen LogP contribution in [-0.4, -0.2) is 40.4 Å². The topological polar surface area (TPSA) is 49.3 Å². The standard InChI is InChI=1S/C17H16N4OS/c22-16-12-21(17-19-14-10-18-7-6-15(14)23-17)9-8-20(16)11-13-4-2-1-3-5-13/h1-7,10H,8-9,11-12H2. The summed E-state index contributed by atoms with van der Waals surface area (Å²) >= 11 is 1.62. The van der Waals surface area contributed by atoms with Crippen molar-refractivity contribution in [2.45, 2.75) is 6.54 Å². The Morgan fingerprint density at radius 1 is 1.13 bits per heavy atom. The molecule has 3 heterocycles. The highest BCUT2D eigenvalue weighted by atomic mass is 32.1. The number of carbonyl (C=O) groups is 1. The Kier molecular flexibility index (Phi) is 3.67. The molecule has 0 atom stereocenters. The lowest BCUT2D eigenvalue weighted by molar-refractivity contribution is -0.131. The van der Waals surface area contributed by atoms with E-state index in [1.807, 2.05) is 29.2 Å². The molecule has 1 fully saturated rings. The summed E-state index contributed by atoms with van der Waals surface area (Å²) in [6.07, 6.45) is 3.54. The number of pyridine rings is 1. The van der Waals surface area contributed by atoms with Crippen LogP contribution in [0.2, 0.25) is 0 Å². The Balaban J connectivity index is 1.47. The predicted molar refractivity (Wildman–Crippen MR) is 91.5 cm³/mol. The molecule has 1 aliphatic rings. The number of aromatic nitrogens is 2. The third kappa shape index (κ3) is 2.90. The van der Waals surface area contributed by atoms with E-state index >= 15 is 0 Å². The van der Waals surface area contributed by atoms with Crippen LogP contribution in [0.5, 0.6) is 0 Å². The fourth-order valence-electron chi connectivity index (χ4n) is 2.75. The van der Waals surface area contributed by atoms with Gasteiger partial charge in [0.15, 0.2) is 5.13 Å². The predicted octanol–water partition coefficient (Wildman–Crippen LogP) is 2.54. The summed E-state index contributed by atoms with van der Waals surface area (Å²) < 4.78 is 1.11. The van der Waals surface area contributed by atoms with Gasteiger partial charge in [0.1, 0.15) is 5.52 Å². The maximum absolute atomic E-state index is 12.4. The molecule has 116 valence electrons. The van der Waals surface area contributed by atoms with Gasteiger partial charge in [-0.1, -0.05) is 41.7 Å². The van der Waals surface area contributed by atoms with E-state index < -0.39 is 0 Å². The molecule has 0 spiro atoms. The van der Waals surface area contributed by atoms with Gasteiger partial charge in [-0.05, 0) is 11.6 Å². The van der Waals surface area contributed by atoms with E-state index in [1.54, 1.807) is 23.7 Å². The van der Waals surface area contributed by atoms with Gasteiger partial charge in [-0.15, -0.1) is 0 Å². The van der Waals surface area contributed by atoms with E-state index in [1.165, 1.54) is 5.56 Å². The maximum Gasteiger partial charge on any atom is 0.242 e. The van der Waals surface area contributed by atoms with Crippen molar-refractivity contribution in [2.75, 3.05) is 24.5 Å². The van der Waals surface area contributed by atoms with Gasteiger partial charge in [-0.3, -0.25) is 9.78 Å². The fraction of sp³-hybridized carbons (Fsp3) is 0.235. The average Bonchev–Trinajstić information content (AvgIpc) is 3.02. The molecule has 23 heavy (non-hydrogen) atoms. The number of nitrogens with zero attached hydrogens (tertiary/aromatic N) is 4. The van der Waals surface area contributed by atoms with Crippen LogP contribution in [0.1, 0.15) is 5.56 Å².